The maximum Gasteiger partial charge on any atom is 0.258 e. The van der Waals surface area contributed by atoms with Crippen molar-refractivity contribution < 1.29 is 9.16 Å². The van der Waals surface area contributed by atoms with Gasteiger partial charge in [0.1, 0.15) is 12.0 Å². The molecule has 5 rings (SSSR count). The third-order valence-corrected chi connectivity index (χ3v) is 14.9. The summed E-state index contributed by atoms with van der Waals surface area (Å²) >= 11 is 0. The Morgan fingerprint density at radius 1 is 0.875 bits per heavy atom. The van der Waals surface area contributed by atoms with Gasteiger partial charge in [-0.2, -0.15) is 9.97 Å². The number of benzene rings is 1. The van der Waals surface area contributed by atoms with Crippen molar-refractivity contribution in [3.8, 4) is 5.75 Å². The lowest BCUT2D eigenvalue weighted by Crippen LogP contribution is -2.50. The summed E-state index contributed by atoms with van der Waals surface area (Å²) in [5.74, 6) is 2.31. The summed E-state index contributed by atoms with van der Waals surface area (Å²) < 4.78 is 15.0. The van der Waals surface area contributed by atoms with Gasteiger partial charge in [0.05, 0.1) is 6.33 Å². The van der Waals surface area contributed by atoms with Gasteiger partial charge in [-0.05, 0) is 73.0 Å². The van der Waals surface area contributed by atoms with E-state index in [0.717, 1.165) is 67.1 Å². The number of ether oxygens (including phenoxy) is 1. The van der Waals surface area contributed by atoms with Crippen molar-refractivity contribution in [1.82, 2.24) is 19.5 Å². The molecule has 8 nitrogen and oxygen atoms in total. The van der Waals surface area contributed by atoms with Gasteiger partial charge in [0.2, 0.25) is 5.95 Å². The number of aromatic nitrogens is 4. The van der Waals surface area contributed by atoms with Crippen molar-refractivity contribution in [3.63, 3.8) is 0 Å². The SMILES string of the molecule is CC(C)[Si](Oc1ccc(Nc2nc(NC3CCCCC3)c3ncn(C4CCCCO4)c3n2)cc1)(C(C)C)C(C)C. The van der Waals surface area contributed by atoms with Gasteiger partial charge in [-0.1, -0.05) is 60.8 Å². The van der Waals surface area contributed by atoms with Gasteiger partial charge in [0.15, 0.2) is 17.0 Å². The van der Waals surface area contributed by atoms with E-state index in [2.05, 4.69) is 81.0 Å². The molecule has 1 aliphatic carbocycles. The highest BCUT2D eigenvalue weighted by atomic mass is 28.4. The maximum absolute atomic E-state index is 6.87. The molecule has 1 saturated heterocycles. The zero-order chi connectivity index (χ0) is 28.3. The van der Waals surface area contributed by atoms with Crippen molar-refractivity contribution in [2.24, 2.45) is 0 Å². The monoisotopic (exact) mass is 564 g/mol. The summed E-state index contributed by atoms with van der Waals surface area (Å²) in [5, 5.41) is 7.17. The molecule has 1 aromatic carbocycles. The Bertz CT molecular complexity index is 1220. The van der Waals surface area contributed by atoms with Crippen LogP contribution in [0.3, 0.4) is 0 Å². The molecule has 2 fully saturated rings. The van der Waals surface area contributed by atoms with Crippen molar-refractivity contribution >= 4 is 36.9 Å². The lowest BCUT2D eigenvalue weighted by molar-refractivity contribution is -0.0298. The van der Waals surface area contributed by atoms with E-state index >= 15 is 0 Å². The number of rotatable bonds is 10. The van der Waals surface area contributed by atoms with Crippen molar-refractivity contribution in [3.05, 3.63) is 30.6 Å². The first-order valence-electron chi connectivity index (χ1n) is 15.5. The number of hydrogen-bond acceptors (Lipinski definition) is 7. The van der Waals surface area contributed by atoms with E-state index in [1.807, 2.05) is 6.33 Å². The van der Waals surface area contributed by atoms with Crippen LogP contribution in [0, 0.1) is 0 Å². The molecule has 1 aliphatic heterocycles. The van der Waals surface area contributed by atoms with Gasteiger partial charge >= 0.3 is 0 Å². The average Bonchev–Trinajstić information content (AvgIpc) is 3.37. The fourth-order valence-corrected chi connectivity index (χ4v) is 12.2. The number of nitrogens with zero attached hydrogens (tertiary/aromatic N) is 4. The Morgan fingerprint density at radius 2 is 1.55 bits per heavy atom. The molecule has 0 bridgehead atoms. The first kappa shape index (κ1) is 28.9. The lowest BCUT2D eigenvalue weighted by atomic mass is 9.95. The molecule has 40 heavy (non-hydrogen) atoms. The molecule has 0 amide bonds. The second kappa shape index (κ2) is 12.5. The van der Waals surface area contributed by atoms with Gasteiger partial charge in [-0.3, -0.25) is 4.57 Å². The Balaban J connectivity index is 1.42. The minimum Gasteiger partial charge on any atom is -0.543 e. The van der Waals surface area contributed by atoms with E-state index in [0.29, 0.717) is 28.6 Å². The molecule has 9 heteroatoms. The van der Waals surface area contributed by atoms with Crippen molar-refractivity contribution in [1.29, 1.82) is 0 Å². The average molecular weight is 565 g/mol. The highest BCUT2D eigenvalue weighted by Crippen LogP contribution is 2.43. The highest BCUT2D eigenvalue weighted by Gasteiger charge is 2.47. The molecule has 0 radical (unpaired) electrons. The molecule has 2 N–H and O–H groups in total. The first-order chi connectivity index (χ1) is 19.3. The van der Waals surface area contributed by atoms with Crippen molar-refractivity contribution in [2.45, 2.75) is 122 Å². The van der Waals surface area contributed by atoms with E-state index < -0.39 is 8.32 Å². The number of nitrogens with one attached hydrogen (secondary N) is 2. The van der Waals surface area contributed by atoms with Crippen LogP contribution in [0.25, 0.3) is 11.2 Å². The third-order valence-electron chi connectivity index (χ3n) is 8.95. The topological polar surface area (TPSA) is 86.1 Å². The predicted octanol–water partition coefficient (Wildman–Crippen LogP) is 8.57. The molecule has 1 unspecified atom stereocenters. The van der Waals surface area contributed by atoms with Crippen molar-refractivity contribution in [2.75, 3.05) is 17.2 Å². The van der Waals surface area contributed by atoms with Crippen LogP contribution in [0.1, 0.15) is 99.1 Å². The highest BCUT2D eigenvalue weighted by molar-refractivity contribution is 6.78. The quantitative estimate of drug-likeness (QED) is 0.239. The normalized spacial score (nSPS) is 19.1. The first-order valence-corrected chi connectivity index (χ1v) is 17.6. The van der Waals surface area contributed by atoms with E-state index in [4.69, 9.17) is 24.1 Å². The molecule has 3 aromatic rings. The van der Waals surface area contributed by atoms with Gasteiger partial charge in [0.25, 0.3) is 8.32 Å². The zero-order valence-electron chi connectivity index (χ0n) is 25.2. The van der Waals surface area contributed by atoms with E-state index in [-0.39, 0.29) is 6.23 Å². The van der Waals surface area contributed by atoms with Crippen LogP contribution in [0.15, 0.2) is 30.6 Å². The van der Waals surface area contributed by atoms with Gasteiger partial charge in [-0.15, -0.1) is 0 Å². The number of anilines is 3. The largest absolute Gasteiger partial charge is 0.543 e. The molecular formula is C31H48N6O2Si. The Labute approximate surface area is 240 Å². The van der Waals surface area contributed by atoms with Crippen LogP contribution in [0.4, 0.5) is 17.5 Å². The summed E-state index contributed by atoms with van der Waals surface area (Å²) in [6, 6.07) is 8.71. The van der Waals surface area contributed by atoms with Gasteiger partial charge in [0, 0.05) is 18.3 Å². The molecule has 1 atom stereocenters. The van der Waals surface area contributed by atoms with Crippen LogP contribution >= 0.6 is 0 Å². The summed E-state index contributed by atoms with van der Waals surface area (Å²) in [7, 11) is -2.01. The predicted molar refractivity (Wildman–Crippen MR) is 166 cm³/mol. The summed E-state index contributed by atoms with van der Waals surface area (Å²) in [5.41, 5.74) is 4.13. The molecule has 2 aromatic heterocycles. The van der Waals surface area contributed by atoms with E-state index in [9.17, 15) is 0 Å². The molecular weight excluding hydrogens is 516 g/mol. The number of hydrogen-bond donors (Lipinski definition) is 2. The zero-order valence-corrected chi connectivity index (χ0v) is 26.2. The molecule has 3 heterocycles. The summed E-state index contributed by atoms with van der Waals surface area (Å²) in [6.07, 6.45) is 11.2. The molecule has 0 spiro atoms. The Morgan fingerprint density at radius 3 is 2.17 bits per heavy atom. The Kier molecular flexibility index (Phi) is 9.00. The minimum absolute atomic E-state index is 0.0345. The molecule has 218 valence electrons. The fourth-order valence-electron chi connectivity index (χ4n) is 6.96. The number of fused-ring (bicyclic) bond motifs is 1. The maximum atomic E-state index is 6.87. The third kappa shape index (κ3) is 6.00. The number of imidazole rings is 1. The second-order valence-corrected chi connectivity index (χ2v) is 18.0. The lowest BCUT2D eigenvalue weighted by Gasteiger charge is -2.42. The van der Waals surface area contributed by atoms with Gasteiger partial charge in [-0.25, -0.2) is 4.98 Å². The van der Waals surface area contributed by atoms with Crippen LogP contribution in [0.5, 0.6) is 5.75 Å². The van der Waals surface area contributed by atoms with Crippen LogP contribution in [0.2, 0.25) is 16.6 Å². The van der Waals surface area contributed by atoms with Crippen LogP contribution in [-0.4, -0.2) is 40.5 Å². The second-order valence-electron chi connectivity index (χ2n) is 12.6. The molecule has 2 aliphatic rings. The van der Waals surface area contributed by atoms with Crippen LogP contribution in [-0.2, 0) is 4.74 Å². The fraction of sp³-hybridized carbons (Fsp3) is 0.645. The smallest absolute Gasteiger partial charge is 0.258 e. The molecule has 1 saturated carbocycles. The Hall–Kier alpha value is -2.65. The van der Waals surface area contributed by atoms with E-state index in [1.54, 1.807) is 0 Å². The standard InChI is InChI=1S/C31H48N6O2Si/c1-21(2)40(22(3)4,23(5)6)39-26-17-15-25(16-18-26)34-31-35-29(33-24-12-8-7-9-13-24)28-30(36-31)37(20-32-28)27-14-10-11-19-38-27/h15-18,20-24,27H,7-14,19H2,1-6H3,(H2,33,34,35,36). The van der Waals surface area contributed by atoms with Gasteiger partial charge < -0.3 is 19.8 Å². The van der Waals surface area contributed by atoms with E-state index in [1.165, 1.54) is 19.3 Å². The minimum atomic E-state index is -2.01. The summed E-state index contributed by atoms with van der Waals surface area (Å²) in [6.45, 7) is 14.7. The summed E-state index contributed by atoms with van der Waals surface area (Å²) in [4.78, 5) is 14.6. The van der Waals surface area contributed by atoms with Crippen LogP contribution < -0.4 is 15.1 Å².